The highest BCUT2D eigenvalue weighted by atomic mass is 32.2. The summed E-state index contributed by atoms with van der Waals surface area (Å²) in [6.45, 7) is 6.36. The molecule has 1 heterocycles. The number of likely N-dealkylation sites (N-methyl/N-ethyl adjacent to an activating group) is 1. The van der Waals surface area contributed by atoms with Gasteiger partial charge in [-0.15, -0.1) is 0 Å². The van der Waals surface area contributed by atoms with Crippen LogP contribution < -0.4 is 4.90 Å². The molecule has 10 heteroatoms. The molecular formula is C21H23F2N3O3S2. The third kappa shape index (κ3) is 5.25. The Balaban J connectivity index is 2.04. The number of fused-ring (bicyclic) bond motifs is 1. The van der Waals surface area contributed by atoms with Gasteiger partial charge in [-0.05, 0) is 37.4 Å². The third-order valence-electron chi connectivity index (χ3n) is 4.92. The summed E-state index contributed by atoms with van der Waals surface area (Å²) in [6.07, 6.45) is 1.07. The minimum absolute atomic E-state index is 0.00748. The number of nitrogens with zero attached hydrogens (tertiary/aromatic N) is 3. The second-order valence-corrected chi connectivity index (χ2v) is 10.0. The standard InChI is InChI=1S/C21H23F2N3O3S2/c1-4-25(5-2)9-10-26(20(27)14-7-6-8-16(11-14)31(3,28)29)21-24-19-17(23)12-15(22)13-18(19)30-21/h6-8,11-13H,4-5,9-10H2,1-3H3. The minimum Gasteiger partial charge on any atom is -0.302 e. The second kappa shape index (κ2) is 9.37. The second-order valence-electron chi connectivity index (χ2n) is 7.01. The molecule has 166 valence electrons. The summed E-state index contributed by atoms with van der Waals surface area (Å²) in [4.78, 5) is 21.1. The van der Waals surface area contributed by atoms with E-state index in [4.69, 9.17) is 0 Å². The van der Waals surface area contributed by atoms with Gasteiger partial charge in [0.2, 0.25) is 0 Å². The molecule has 0 N–H and O–H groups in total. The summed E-state index contributed by atoms with van der Waals surface area (Å²) >= 11 is 1.01. The monoisotopic (exact) mass is 467 g/mol. The van der Waals surface area contributed by atoms with Crippen LogP contribution in [0.3, 0.4) is 0 Å². The first kappa shape index (κ1) is 23.2. The van der Waals surface area contributed by atoms with Crippen LogP contribution in [0.1, 0.15) is 24.2 Å². The smallest absolute Gasteiger partial charge is 0.260 e. The van der Waals surface area contributed by atoms with Gasteiger partial charge in [0.15, 0.2) is 20.8 Å². The Labute approximate surface area is 184 Å². The van der Waals surface area contributed by atoms with Gasteiger partial charge in [0, 0.05) is 31.0 Å². The number of halogens is 2. The first-order chi connectivity index (χ1) is 14.6. The molecule has 3 rings (SSSR count). The molecule has 0 atom stereocenters. The fraction of sp³-hybridized carbons (Fsp3) is 0.333. The predicted octanol–water partition coefficient (Wildman–Crippen LogP) is 3.97. The van der Waals surface area contributed by atoms with Crippen molar-refractivity contribution in [1.29, 1.82) is 0 Å². The molecule has 31 heavy (non-hydrogen) atoms. The zero-order chi connectivity index (χ0) is 22.8. The number of carbonyl (C=O) groups is 1. The van der Waals surface area contributed by atoms with Gasteiger partial charge < -0.3 is 4.90 Å². The zero-order valence-corrected chi connectivity index (χ0v) is 19.1. The van der Waals surface area contributed by atoms with Crippen LogP contribution in [0.2, 0.25) is 0 Å². The Hall–Kier alpha value is -2.43. The molecule has 3 aromatic rings. The van der Waals surface area contributed by atoms with Crippen molar-refractivity contribution < 1.29 is 22.0 Å². The highest BCUT2D eigenvalue weighted by Crippen LogP contribution is 2.32. The van der Waals surface area contributed by atoms with Crippen molar-refractivity contribution in [3.8, 4) is 0 Å². The molecule has 1 amide bonds. The molecule has 0 aliphatic carbocycles. The van der Waals surface area contributed by atoms with Crippen molar-refractivity contribution in [3.05, 3.63) is 53.6 Å². The molecule has 0 aliphatic heterocycles. The number of benzene rings is 2. The lowest BCUT2D eigenvalue weighted by Crippen LogP contribution is -2.39. The maximum atomic E-state index is 14.2. The van der Waals surface area contributed by atoms with Crippen LogP contribution in [0, 0.1) is 11.6 Å². The summed E-state index contributed by atoms with van der Waals surface area (Å²) in [5.41, 5.74) is 0.167. The summed E-state index contributed by atoms with van der Waals surface area (Å²) < 4.78 is 51.9. The molecule has 2 aromatic carbocycles. The molecular weight excluding hydrogens is 444 g/mol. The lowest BCUT2D eigenvalue weighted by molar-refractivity contribution is 0.0983. The maximum absolute atomic E-state index is 14.2. The topological polar surface area (TPSA) is 70.6 Å². The van der Waals surface area contributed by atoms with Gasteiger partial charge >= 0.3 is 0 Å². The molecule has 0 unspecified atom stereocenters. The van der Waals surface area contributed by atoms with E-state index in [0.29, 0.717) is 6.54 Å². The van der Waals surface area contributed by atoms with Crippen molar-refractivity contribution in [2.75, 3.05) is 37.3 Å². The van der Waals surface area contributed by atoms with Crippen LogP contribution in [-0.2, 0) is 9.84 Å². The summed E-state index contributed by atoms with van der Waals surface area (Å²) in [5, 5.41) is 0.224. The molecule has 6 nitrogen and oxygen atoms in total. The Morgan fingerprint density at radius 2 is 1.81 bits per heavy atom. The first-order valence-electron chi connectivity index (χ1n) is 9.74. The lowest BCUT2D eigenvalue weighted by Gasteiger charge is -2.24. The molecule has 0 fully saturated rings. The van der Waals surface area contributed by atoms with Crippen molar-refractivity contribution in [3.63, 3.8) is 0 Å². The van der Waals surface area contributed by atoms with Crippen LogP contribution in [0.4, 0.5) is 13.9 Å². The van der Waals surface area contributed by atoms with E-state index in [-0.39, 0.29) is 32.4 Å². The van der Waals surface area contributed by atoms with Crippen molar-refractivity contribution >= 4 is 42.4 Å². The summed E-state index contributed by atoms with van der Waals surface area (Å²) in [7, 11) is -3.50. The Morgan fingerprint density at radius 3 is 2.45 bits per heavy atom. The van der Waals surface area contributed by atoms with Crippen LogP contribution in [0.25, 0.3) is 10.2 Å². The molecule has 0 radical (unpaired) electrons. The van der Waals surface area contributed by atoms with Gasteiger partial charge in [-0.1, -0.05) is 31.3 Å². The molecule has 0 spiro atoms. The van der Waals surface area contributed by atoms with Gasteiger partial charge in [-0.25, -0.2) is 22.2 Å². The lowest BCUT2D eigenvalue weighted by atomic mass is 10.2. The fourth-order valence-corrected chi connectivity index (χ4v) is 4.84. The van der Waals surface area contributed by atoms with E-state index in [1.807, 2.05) is 13.8 Å². The average molecular weight is 468 g/mol. The van der Waals surface area contributed by atoms with E-state index in [1.54, 1.807) is 0 Å². The van der Waals surface area contributed by atoms with E-state index >= 15 is 0 Å². The number of thiazole rings is 1. The minimum atomic E-state index is -3.50. The molecule has 0 bridgehead atoms. The Bertz CT molecular complexity index is 1210. The van der Waals surface area contributed by atoms with Gasteiger partial charge in [0.1, 0.15) is 11.3 Å². The average Bonchev–Trinajstić information content (AvgIpc) is 3.14. The van der Waals surface area contributed by atoms with E-state index < -0.39 is 27.4 Å². The number of rotatable bonds is 8. The van der Waals surface area contributed by atoms with Gasteiger partial charge in [0.25, 0.3) is 5.91 Å². The SMILES string of the molecule is CCN(CC)CCN(C(=O)c1cccc(S(C)(=O)=O)c1)c1nc2c(F)cc(F)cc2s1. The van der Waals surface area contributed by atoms with E-state index in [2.05, 4.69) is 9.88 Å². The molecule has 0 saturated heterocycles. The van der Waals surface area contributed by atoms with E-state index in [0.717, 1.165) is 36.7 Å². The Kier molecular flexibility index (Phi) is 7.03. The van der Waals surface area contributed by atoms with Crippen LogP contribution in [-0.4, -0.2) is 56.6 Å². The van der Waals surface area contributed by atoms with Crippen molar-refractivity contribution in [1.82, 2.24) is 9.88 Å². The van der Waals surface area contributed by atoms with Crippen molar-refractivity contribution in [2.45, 2.75) is 18.7 Å². The number of anilines is 1. The normalized spacial score (nSPS) is 11.9. The number of hydrogen-bond donors (Lipinski definition) is 0. The highest BCUT2D eigenvalue weighted by molar-refractivity contribution is 7.90. The fourth-order valence-electron chi connectivity index (χ4n) is 3.14. The number of hydrogen-bond acceptors (Lipinski definition) is 6. The quantitative estimate of drug-likeness (QED) is 0.501. The number of carbonyl (C=O) groups excluding carboxylic acids is 1. The van der Waals surface area contributed by atoms with E-state index in [1.165, 1.54) is 35.2 Å². The van der Waals surface area contributed by atoms with E-state index in [9.17, 15) is 22.0 Å². The Morgan fingerprint density at radius 1 is 1.10 bits per heavy atom. The zero-order valence-electron chi connectivity index (χ0n) is 17.4. The summed E-state index contributed by atoms with van der Waals surface area (Å²) in [5.74, 6) is -1.98. The van der Waals surface area contributed by atoms with Crippen LogP contribution in [0.15, 0.2) is 41.3 Å². The van der Waals surface area contributed by atoms with Crippen LogP contribution in [0.5, 0.6) is 0 Å². The molecule has 0 aliphatic rings. The maximum Gasteiger partial charge on any atom is 0.260 e. The predicted molar refractivity (Wildman–Crippen MR) is 119 cm³/mol. The third-order valence-corrected chi connectivity index (χ3v) is 7.06. The van der Waals surface area contributed by atoms with Crippen LogP contribution >= 0.6 is 11.3 Å². The van der Waals surface area contributed by atoms with Gasteiger partial charge in [0.05, 0.1) is 9.60 Å². The molecule has 0 saturated carbocycles. The first-order valence-corrected chi connectivity index (χ1v) is 12.4. The summed E-state index contributed by atoms with van der Waals surface area (Å²) in [6, 6.07) is 7.69. The number of sulfone groups is 1. The number of aromatic nitrogens is 1. The number of amides is 1. The van der Waals surface area contributed by atoms with Crippen molar-refractivity contribution in [2.24, 2.45) is 0 Å². The largest absolute Gasteiger partial charge is 0.302 e. The molecule has 1 aromatic heterocycles. The van der Waals surface area contributed by atoms with Gasteiger partial charge in [-0.3, -0.25) is 9.69 Å². The van der Waals surface area contributed by atoms with Gasteiger partial charge in [-0.2, -0.15) is 0 Å². The highest BCUT2D eigenvalue weighted by Gasteiger charge is 2.24.